The Bertz CT molecular complexity index is 1240. The zero-order valence-corrected chi connectivity index (χ0v) is 19.2. The van der Waals surface area contributed by atoms with Gasteiger partial charge in [0, 0.05) is 11.7 Å². The van der Waals surface area contributed by atoms with E-state index in [4.69, 9.17) is 0 Å². The van der Waals surface area contributed by atoms with E-state index in [-0.39, 0.29) is 23.8 Å². The molecule has 2 aliphatic rings. The van der Waals surface area contributed by atoms with Gasteiger partial charge in [0.2, 0.25) is 15.9 Å². The Labute approximate surface area is 195 Å². The van der Waals surface area contributed by atoms with Crippen molar-refractivity contribution >= 4 is 21.6 Å². The predicted molar refractivity (Wildman–Crippen MR) is 129 cm³/mol. The van der Waals surface area contributed by atoms with E-state index in [1.54, 1.807) is 24.3 Å². The number of fused-ring (bicyclic) bond motifs is 3. The highest BCUT2D eigenvalue weighted by Crippen LogP contribution is 2.41. The van der Waals surface area contributed by atoms with Crippen molar-refractivity contribution in [3.05, 3.63) is 95.6 Å². The average molecular weight is 461 g/mol. The van der Waals surface area contributed by atoms with Crippen LogP contribution >= 0.6 is 0 Å². The third-order valence-corrected chi connectivity index (χ3v) is 8.41. The average Bonchev–Trinajstić information content (AvgIpc) is 3.08. The number of rotatable bonds is 6. The highest BCUT2D eigenvalue weighted by atomic mass is 32.2. The SMILES string of the molecule is O=C(Cc1ccccc1)Nc1ccc2c(c1)CC1CCC(C2)C1NS(=O)(=O)c1ccccc1. The molecule has 5 rings (SSSR count). The summed E-state index contributed by atoms with van der Waals surface area (Å²) in [6.07, 6.45) is 4.05. The van der Waals surface area contributed by atoms with Crippen LogP contribution in [0.15, 0.2) is 83.8 Å². The number of amides is 1. The van der Waals surface area contributed by atoms with E-state index in [1.165, 1.54) is 11.1 Å². The normalized spacial score (nSPS) is 21.8. The molecule has 3 aromatic rings. The van der Waals surface area contributed by atoms with E-state index >= 15 is 0 Å². The molecule has 2 aliphatic carbocycles. The van der Waals surface area contributed by atoms with Gasteiger partial charge in [-0.25, -0.2) is 13.1 Å². The van der Waals surface area contributed by atoms with E-state index in [1.807, 2.05) is 42.5 Å². The fraction of sp³-hybridized carbons (Fsp3) is 0.296. The maximum atomic E-state index is 13.0. The summed E-state index contributed by atoms with van der Waals surface area (Å²) < 4.78 is 29.0. The quantitative estimate of drug-likeness (QED) is 0.575. The molecular formula is C27H28N2O3S. The maximum absolute atomic E-state index is 13.0. The zero-order chi connectivity index (χ0) is 22.8. The molecule has 33 heavy (non-hydrogen) atoms. The minimum absolute atomic E-state index is 0.0372. The van der Waals surface area contributed by atoms with E-state index in [0.29, 0.717) is 11.3 Å². The van der Waals surface area contributed by atoms with Gasteiger partial charge >= 0.3 is 0 Å². The summed E-state index contributed by atoms with van der Waals surface area (Å²) in [5, 5.41) is 3.03. The standard InChI is InChI=1S/C27H28N2O3S/c30-26(15-19-7-3-1-4-8-19)28-24-14-13-20-16-21-11-12-22(17-23(20)18-24)27(21)29-33(31,32)25-9-5-2-6-10-25/h1-10,13-14,18,21-22,27,29H,11-12,15-17H2,(H,28,30). The second-order valence-corrected chi connectivity index (χ2v) is 10.9. The number of carbonyl (C=O) groups is 1. The Morgan fingerprint density at radius 3 is 2.15 bits per heavy atom. The van der Waals surface area contributed by atoms with Crippen molar-refractivity contribution in [3.8, 4) is 0 Å². The third-order valence-electron chi connectivity index (χ3n) is 6.93. The number of nitrogens with one attached hydrogen (secondary N) is 2. The smallest absolute Gasteiger partial charge is 0.240 e. The van der Waals surface area contributed by atoms with Gasteiger partial charge in [-0.2, -0.15) is 0 Å². The highest BCUT2D eigenvalue weighted by Gasteiger charge is 2.41. The highest BCUT2D eigenvalue weighted by molar-refractivity contribution is 7.89. The van der Waals surface area contributed by atoms with Gasteiger partial charge in [-0.1, -0.05) is 54.6 Å². The largest absolute Gasteiger partial charge is 0.326 e. The van der Waals surface area contributed by atoms with Gasteiger partial charge < -0.3 is 5.32 Å². The molecule has 3 unspecified atom stereocenters. The molecule has 0 spiro atoms. The molecule has 3 atom stereocenters. The molecule has 0 radical (unpaired) electrons. The predicted octanol–water partition coefficient (Wildman–Crippen LogP) is 4.34. The van der Waals surface area contributed by atoms with Crippen molar-refractivity contribution in [1.29, 1.82) is 0 Å². The topological polar surface area (TPSA) is 75.3 Å². The Kier molecular flexibility index (Phi) is 6.04. The van der Waals surface area contributed by atoms with Crippen LogP contribution in [0.5, 0.6) is 0 Å². The lowest BCUT2D eigenvalue weighted by atomic mass is 9.93. The molecule has 1 amide bonds. The van der Waals surface area contributed by atoms with Crippen LogP contribution in [0.4, 0.5) is 5.69 Å². The number of benzene rings is 3. The number of sulfonamides is 1. The van der Waals surface area contributed by atoms with Crippen LogP contribution in [0.25, 0.3) is 0 Å². The fourth-order valence-electron chi connectivity index (χ4n) is 5.31. The van der Waals surface area contributed by atoms with Gasteiger partial charge in [0.1, 0.15) is 0 Å². The van der Waals surface area contributed by atoms with Crippen LogP contribution in [0.2, 0.25) is 0 Å². The van der Waals surface area contributed by atoms with E-state index < -0.39 is 10.0 Å². The number of hydrogen-bond acceptors (Lipinski definition) is 3. The van der Waals surface area contributed by atoms with E-state index in [2.05, 4.69) is 22.2 Å². The van der Waals surface area contributed by atoms with Crippen molar-refractivity contribution in [2.24, 2.45) is 11.8 Å². The number of anilines is 1. The first-order valence-corrected chi connectivity index (χ1v) is 13.0. The summed E-state index contributed by atoms with van der Waals surface area (Å²) in [5.74, 6) is 0.503. The molecular weight excluding hydrogens is 432 g/mol. The number of hydrogen-bond donors (Lipinski definition) is 2. The van der Waals surface area contributed by atoms with Crippen molar-refractivity contribution < 1.29 is 13.2 Å². The summed E-state index contributed by atoms with van der Waals surface area (Å²) in [6.45, 7) is 0. The molecule has 3 aromatic carbocycles. The van der Waals surface area contributed by atoms with Crippen LogP contribution in [0.3, 0.4) is 0 Å². The van der Waals surface area contributed by atoms with Crippen LogP contribution in [0, 0.1) is 11.8 Å². The molecule has 1 saturated carbocycles. The van der Waals surface area contributed by atoms with Crippen LogP contribution in [0.1, 0.15) is 29.5 Å². The Morgan fingerprint density at radius 1 is 0.818 bits per heavy atom. The molecule has 2 N–H and O–H groups in total. The van der Waals surface area contributed by atoms with Gasteiger partial charge in [-0.3, -0.25) is 4.79 Å². The van der Waals surface area contributed by atoms with E-state index in [9.17, 15) is 13.2 Å². The molecule has 170 valence electrons. The Hall–Kier alpha value is -2.96. The van der Waals surface area contributed by atoms with Crippen molar-refractivity contribution in [2.45, 2.75) is 43.0 Å². The lowest BCUT2D eigenvalue weighted by Gasteiger charge is -2.23. The molecule has 0 saturated heterocycles. The monoisotopic (exact) mass is 460 g/mol. The summed E-state index contributed by atoms with van der Waals surface area (Å²) in [5.41, 5.74) is 4.25. The van der Waals surface area contributed by atoms with Crippen LogP contribution in [-0.2, 0) is 34.1 Å². The molecule has 2 bridgehead atoms. The summed E-state index contributed by atoms with van der Waals surface area (Å²) in [7, 11) is -3.55. The first-order chi connectivity index (χ1) is 16.0. The van der Waals surface area contributed by atoms with Gasteiger partial charge in [-0.15, -0.1) is 0 Å². The fourth-order valence-corrected chi connectivity index (χ4v) is 6.71. The Morgan fingerprint density at radius 2 is 1.45 bits per heavy atom. The van der Waals surface area contributed by atoms with Crippen molar-refractivity contribution in [1.82, 2.24) is 4.72 Å². The van der Waals surface area contributed by atoms with Gasteiger partial charge in [-0.05, 0) is 78.5 Å². The minimum Gasteiger partial charge on any atom is -0.326 e. The molecule has 1 fully saturated rings. The maximum Gasteiger partial charge on any atom is 0.240 e. The Balaban J connectivity index is 1.30. The van der Waals surface area contributed by atoms with Crippen molar-refractivity contribution in [3.63, 3.8) is 0 Å². The summed E-state index contributed by atoms with van der Waals surface area (Å²) in [6, 6.07) is 24.4. The van der Waals surface area contributed by atoms with Crippen LogP contribution < -0.4 is 10.0 Å². The van der Waals surface area contributed by atoms with Gasteiger partial charge in [0.15, 0.2) is 0 Å². The van der Waals surface area contributed by atoms with Gasteiger partial charge in [0.05, 0.1) is 11.3 Å². The number of carbonyl (C=O) groups excluding carboxylic acids is 1. The molecule has 6 heteroatoms. The molecule has 0 aliphatic heterocycles. The molecule has 5 nitrogen and oxygen atoms in total. The second-order valence-electron chi connectivity index (χ2n) is 9.16. The summed E-state index contributed by atoms with van der Waals surface area (Å²) in [4.78, 5) is 12.8. The van der Waals surface area contributed by atoms with Gasteiger partial charge in [0.25, 0.3) is 0 Å². The summed E-state index contributed by atoms with van der Waals surface area (Å²) >= 11 is 0. The zero-order valence-electron chi connectivity index (χ0n) is 18.4. The van der Waals surface area contributed by atoms with E-state index in [0.717, 1.165) is 36.9 Å². The second kappa shape index (κ2) is 9.12. The minimum atomic E-state index is -3.55. The lowest BCUT2D eigenvalue weighted by molar-refractivity contribution is -0.115. The van der Waals surface area contributed by atoms with Crippen LogP contribution in [-0.4, -0.2) is 20.4 Å². The first kappa shape index (κ1) is 21.9. The lowest BCUT2D eigenvalue weighted by Crippen LogP contribution is -2.41. The third kappa shape index (κ3) is 4.87. The molecule has 0 aromatic heterocycles. The van der Waals surface area contributed by atoms with Crippen molar-refractivity contribution in [2.75, 3.05) is 5.32 Å². The molecule has 0 heterocycles. The first-order valence-electron chi connectivity index (χ1n) is 11.5.